The van der Waals surface area contributed by atoms with Crippen LogP contribution in [0.15, 0.2) is 39.3 Å². The second-order valence-corrected chi connectivity index (χ2v) is 5.94. The molecule has 0 atom stereocenters. The van der Waals surface area contributed by atoms with Crippen molar-refractivity contribution in [3.05, 3.63) is 50.0 Å². The number of para-hydroxylation sites is 1. The van der Waals surface area contributed by atoms with Gasteiger partial charge in [0.2, 0.25) is 0 Å². The van der Waals surface area contributed by atoms with E-state index in [1.807, 2.05) is 18.2 Å². The van der Waals surface area contributed by atoms with Crippen molar-refractivity contribution in [1.29, 1.82) is 0 Å². The number of pyridine rings is 1. The van der Waals surface area contributed by atoms with Crippen LogP contribution in [0.3, 0.4) is 0 Å². The Labute approximate surface area is 138 Å². The van der Waals surface area contributed by atoms with Crippen LogP contribution in [0.2, 0.25) is 5.02 Å². The highest BCUT2D eigenvalue weighted by Crippen LogP contribution is 2.31. The van der Waals surface area contributed by atoms with Gasteiger partial charge in [0.05, 0.1) is 10.7 Å². The smallest absolute Gasteiger partial charge is 0.275 e. The van der Waals surface area contributed by atoms with Crippen LogP contribution >= 0.6 is 43.5 Å². The standard InChI is InChI=1S/C13H10Br2ClN3O/c1-17-10-6-5-9(16)12(18-10)13(20)19-11-7(14)3-2-4-8(11)15/h2-6H,1H3,(H,17,18)(H,19,20). The lowest BCUT2D eigenvalue weighted by Gasteiger charge is -2.10. The molecule has 2 N–H and O–H groups in total. The number of nitrogens with zero attached hydrogens (tertiary/aromatic N) is 1. The van der Waals surface area contributed by atoms with Gasteiger partial charge in [0.15, 0.2) is 0 Å². The van der Waals surface area contributed by atoms with Gasteiger partial charge in [0, 0.05) is 16.0 Å². The van der Waals surface area contributed by atoms with E-state index < -0.39 is 0 Å². The summed E-state index contributed by atoms with van der Waals surface area (Å²) in [5.41, 5.74) is 0.798. The maximum atomic E-state index is 12.3. The summed E-state index contributed by atoms with van der Waals surface area (Å²) >= 11 is 12.8. The number of hydrogen-bond donors (Lipinski definition) is 2. The van der Waals surface area contributed by atoms with E-state index in [-0.39, 0.29) is 11.6 Å². The molecule has 0 bridgehead atoms. The van der Waals surface area contributed by atoms with Gasteiger partial charge in [-0.1, -0.05) is 17.7 Å². The second-order valence-electron chi connectivity index (χ2n) is 3.83. The van der Waals surface area contributed by atoms with E-state index in [1.165, 1.54) is 0 Å². The number of halogens is 3. The summed E-state index contributed by atoms with van der Waals surface area (Å²) in [5.74, 6) is 0.199. The molecule has 20 heavy (non-hydrogen) atoms. The molecule has 7 heteroatoms. The first-order valence-corrected chi connectivity index (χ1v) is 7.59. The molecule has 1 aromatic heterocycles. The molecule has 0 spiro atoms. The summed E-state index contributed by atoms with van der Waals surface area (Å²) in [7, 11) is 1.72. The molecular weight excluding hydrogens is 409 g/mol. The molecular formula is C13H10Br2ClN3O. The number of benzene rings is 1. The largest absolute Gasteiger partial charge is 0.373 e. The summed E-state index contributed by atoms with van der Waals surface area (Å²) in [5, 5.41) is 5.94. The van der Waals surface area contributed by atoms with E-state index >= 15 is 0 Å². The monoisotopic (exact) mass is 417 g/mol. The summed E-state index contributed by atoms with van der Waals surface area (Å²) in [6, 6.07) is 8.85. The van der Waals surface area contributed by atoms with Crippen LogP contribution in [0.1, 0.15) is 10.5 Å². The molecule has 2 aromatic rings. The van der Waals surface area contributed by atoms with Crippen LogP contribution in [0.25, 0.3) is 0 Å². The molecule has 0 aliphatic heterocycles. The lowest BCUT2D eigenvalue weighted by atomic mass is 10.3. The van der Waals surface area contributed by atoms with Crippen LogP contribution < -0.4 is 10.6 Å². The van der Waals surface area contributed by atoms with Crippen LogP contribution in [0.4, 0.5) is 11.5 Å². The van der Waals surface area contributed by atoms with Crippen LogP contribution in [0, 0.1) is 0 Å². The first-order chi connectivity index (χ1) is 9.52. The first kappa shape index (κ1) is 15.3. The third kappa shape index (κ3) is 3.31. The summed E-state index contributed by atoms with van der Waals surface area (Å²) < 4.78 is 1.53. The maximum absolute atomic E-state index is 12.3. The highest BCUT2D eigenvalue weighted by molar-refractivity contribution is 9.11. The van der Waals surface area contributed by atoms with Crippen LogP contribution in [-0.4, -0.2) is 17.9 Å². The molecule has 0 saturated heterocycles. The van der Waals surface area contributed by atoms with Gasteiger partial charge >= 0.3 is 0 Å². The number of carbonyl (C=O) groups is 1. The fourth-order valence-electron chi connectivity index (χ4n) is 1.53. The van der Waals surface area contributed by atoms with Crippen molar-refractivity contribution in [1.82, 2.24) is 4.98 Å². The van der Waals surface area contributed by atoms with E-state index in [9.17, 15) is 4.79 Å². The van der Waals surface area contributed by atoms with E-state index in [0.29, 0.717) is 16.5 Å². The first-order valence-electron chi connectivity index (χ1n) is 5.62. The Hall–Kier alpha value is -1.11. The van der Waals surface area contributed by atoms with Crippen molar-refractivity contribution in [3.8, 4) is 0 Å². The van der Waals surface area contributed by atoms with Crippen LogP contribution in [0.5, 0.6) is 0 Å². The van der Waals surface area contributed by atoms with Gasteiger partial charge in [-0.3, -0.25) is 4.79 Å². The Morgan fingerprint density at radius 1 is 1.20 bits per heavy atom. The summed E-state index contributed by atoms with van der Waals surface area (Å²) in [6.45, 7) is 0. The Kier molecular flexibility index (Phi) is 5.01. The van der Waals surface area contributed by atoms with Gasteiger partial charge in [-0.25, -0.2) is 4.98 Å². The molecule has 0 saturated carbocycles. The third-order valence-electron chi connectivity index (χ3n) is 2.52. The van der Waals surface area contributed by atoms with Crippen molar-refractivity contribution in [3.63, 3.8) is 0 Å². The van der Waals surface area contributed by atoms with Crippen molar-refractivity contribution < 1.29 is 4.79 Å². The van der Waals surface area contributed by atoms with Gasteiger partial charge in [-0.2, -0.15) is 0 Å². The summed E-state index contributed by atoms with van der Waals surface area (Å²) in [4.78, 5) is 16.4. The number of hydrogen-bond acceptors (Lipinski definition) is 3. The van der Waals surface area contributed by atoms with Gasteiger partial charge in [-0.05, 0) is 56.1 Å². The van der Waals surface area contributed by atoms with Crippen molar-refractivity contribution >= 4 is 60.9 Å². The number of amides is 1. The highest BCUT2D eigenvalue weighted by Gasteiger charge is 2.16. The van der Waals surface area contributed by atoms with Crippen molar-refractivity contribution in [2.24, 2.45) is 0 Å². The molecule has 1 aromatic carbocycles. The number of carbonyl (C=O) groups excluding carboxylic acids is 1. The zero-order valence-electron chi connectivity index (χ0n) is 10.4. The Balaban J connectivity index is 2.33. The SMILES string of the molecule is CNc1ccc(Cl)c(C(=O)Nc2c(Br)cccc2Br)n1. The van der Waals surface area contributed by atoms with Crippen molar-refractivity contribution in [2.75, 3.05) is 17.7 Å². The Morgan fingerprint density at radius 2 is 1.85 bits per heavy atom. The average Bonchev–Trinajstić information content (AvgIpc) is 2.43. The van der Waals surface area contributed by atoms with Gasteiger partial charge in [0.25, 0.3) is 5.91 Å². The normalized spacial score (nSPS) is 10.2. The predicted octanol–water partition coefficient (Wildman–Crippen LogP) is 4.55. The molecule has 0 unspecified atom stereocenters. The molecule has 4 nitrogen and oxygen atoms in total. The molecule has 2 rings (SSSR count). The Morgan fingerprint density at radius 3 is 2.45 bits per heavy atom. The third-order valence-corrected chi connectivity index (χ3v) is 4.15. The summed E-state index contributed by atoms with van der Waals surface area (Å²) in [6.07, 6.45) is 0. The maximum Gasteiger partial charge on any atom is 0.275 e. The molecule has 1 heterocycles. The van der Waals surface area contributed by atoms with Crippen LogP contribution in [-0.2, 0) is 0 Å². The predicted molar refractivity (Wildman–Crippen MR) is 88.6 cm³/mol. The van der Waals surface area contributed by atoms with E-state index in [2.05, 4.69) is 47.5 Å². The van der Waals surface area contributed by atoms with E-state index in [4.69, 9.17) is 11.6 Å². The van der Waals surface area contributed by atoms with E-state index in [0.717, 1.165) is 8.95 Å². The second kappa shape index (κ2) is 6.56. The number of nitrogens with one attached hydrogen (secondary N) is 2. The topological polar surface area (TPSA) is 54.0 Å². The minimum atomic E-state index is -0.375. The lowest BCUT2D eigenvalue weighted by molar-refractivity contribution is 0.102. The highest BCUT2D eigenvalue weighted by atomic mass is 79.9. The molecule has 0 fully saturated rings. The van der Waals surface area contributed by atoms with Gasteiger partial charge in [-0.15, -0.1) is 0 Å². The zero-order chi connectivity index (χ0) is 14.7. The quantitative estimate of drug-likeness (QED) is 0.767. The Bertz CT molecular complexity index is 644. The molecule has 104 valence electrons. The number of rotatable bonds is 3. The van der Waals surface area contributed by atoms with E-state index in [1.54, 1.807) is 19.2 Å². The molecule has 0 aliphatic rings. The molecule has 1 amide bonds. The van der Waals surface area contributed by atoms with Gasteiger partial charge in [0.1, 0.15) is 11.5 Å². The zero-order valence-corrected chi connectivity index (χ0v) is 14.3. The average molecular weight is 420 g/mol. The number of anilines is 2. The number of aromatic nitrogens is 1. The fourth-order valence-corrected chi connectivity index (χ4v) is 2.92. The molecule has 0 radical (unpaired) electrons. The van der Waals surface area contributed by atoms with Crippen molar-refractivity contribution in [2.45, 2.75) is 0 Å². The van der Waals surface area contributed by atoms with Gasteiger partial charge < -0.3 is 10.6 Å². The fraction of sp³-hybridized carbons (Fsp3) is 0.0769. The lowest BCUT2D eigenvalue weighted by Crippen LogP contribution is -2.15. The minimum absolute atomic E-state index is 0.168. The minimum Gasteiger partial charge on any atom is -0.373 e. The molecule has 0 aliphatic carbocycles.